The molecule has 1 N–H and O–H groups in total. The Morgan fingerprint density at radius 3 is 2.26 bits per heavy atom. The van der Waals surface area contributed by atoms with Crippen LogP contribution in [0.25, 0.3) is 0 Å². The van der Waals surface area contributed by atoms with Gasteiger partial charge in [0.15, 0.2) is 0 Å². The molecule has 0 radical (unpaired) electrons. The first-order chi connectivity index (χ1) is 16.7. The predicted molar refractivity (Wildman–Crippen MR) is 143 cm³/mol. The van der Waals surface area contributed by atoms with Crippen LogP contribution in [0.5, 0.6) is 5.75 Å². The summed E-state index contributed by atoms with van der Waals surface area (Å²) >= 11 is 0. The molecule has 0 aromatic heterocycles. The second-order valence-corrected chi connectivity index (χ2v) is 10.9. The molecule has 2 unspecified atom stereocenters. The number of ether oxygens (including phenoxy) is 3. The average molecular weight is 474 g/mol. The largest absolute Gasteiger partial charge is 0.485 e. The highest BCUT2D eigenvalue weighted by Gasteiger charge is 2.45. The fourth-order valence-electron chi connectivity index (χ4n) is 4.57. The predicted octanol–water partition coefficient (Wildman–Crippen LogP) is 7.43. The van der Waals surface area contributed by atoms with Crippen LogP contribution in [0.2, 0.25) is 0 Å². The average Bonchev–Trinajstić information content (AvgIpc) is 2.82. The third-order valence-electron chi connectivity index (χ3n) is 6.58. The van der Waals surface area contributed by atoms with Crippen LogP contribution in [0.4, 0.5) is 5.69 Å². The van der Waals surface area contributed by atoms with E-state index in [1.54, 1.807) is 0 Å². The molecular formula is C31H39NO3. The summed E-state index contributed by atoms with van der Waals surface area (Å²) in [7, 11) is 0. The number of hydrogen-bond acceptors (Lipinski definition) is 4. The third kappa shape index (κ3) is 6.06. The van der Waals surface area contributed by atoms with E-state index in [-0.39, 0.29) is 17.6 Å². The molecule has 4 nitrogen and oxygen atoms in total. The van der Waals surface area contributed by atoms with Gasteiger partial charge in [-0.1, -0.05) is 75.4 Å². The molecule has 4 rings (SSSR count). The SMILES string of the molecule is CCOC1c2cc(NCc3ccccc3)ccc2OC(C)(C)C1OCc1ccc(C(C)(C)C)cc1. The minimum absolute atomic E-state index is 0.134. The lowest BCUT2D eigenvalue weighted by atomic mass is 9.86. The Morgan fingerprint density at radius 1 is 0.886 bits per heavy atom. The monoisotopic (exact) mass is 473 g/mol. The van der Waals surface area contributed by atoms with Gasteiger partial charge in [-0.3, -0.25) is 0 Å². The lowest BCUT2D eigenvalue weighted by molar-refractivity contribution is -0.165. The van der Waals surface area contributed by atoms with Gasteiger partial charge in [0.2, 0.25) is 0 Å². The minimum Gasteiger partial charge on any atom is -0.485 e. The lowest BCUT2D eigenvalue weighted by Crippen LogP contribution is -2.51. The molecule has 0 aliphatic carbocycles. The molecule has 0 fully saturated rings. The summed E-state index contributed by atoms with van der Waals surface area (Å²) in [6.45, 7) is 14.7. The van der Waals surface area contributed by atoms with E-state index in [1.165, 1.54) is 11.1 Å². The van der Waals surface area contributed by atoms with Gasteiger partial charge in [0.25, 0.3) is 0 Å². The second kappa shape index (κ2) is 10.4. The van der Waals surface area contributed by atoms with Crippen molar-refractivity contribution < 1.29 is 14.2 Å². The number of anilines is 1. The number of nitrogens with one attached hydrogen (secondary N) is 1. The molecule has 35 heavy (non-hydrogen) atoms. The van der Waals surface area contributed by atoms with Crippen LogP contribution in [0.15, 0.2) is 72.8 Å². The zero-order valence-electron chi connectivity index (χ0n) is 21.9. The van der Waals surface area contributed by atoms with E-state index in [4.69, 9.17) is 14.2 Å². The highest BCUT2D eigenvalue weighted by atomic mass is 16.6. The maximum Gasteiger partial charge on any atom is 0.132 e. The van der Waals surface area contributed by atoms with E-state index in [0.717, 1.165) is 29.1 Å². The van der Waals surface area contributed by atoms with Crippen molar-refractivity contribution in [3.05, 3.63) is 95.1 Å². The maximum absolute atomic E-state index is 6.53. The molecule has 1 heterocycles. The van der Waals surface area contributed by atoms with E-state index in [0.29, 0.717) is 13.2 Å². The molecule has 1 aliphatic heterocycles. The van der Waals surface area contributed by atoms with Crippen molar-refractivity contribution in [3.63, 3.8) is 0 Å². The molecule has 1 aliphatic rings. The topological polar surface area (TPSA) is 39.7 Å². The molecule has 0 spiro atoms. The highest BCUT2D eigenvalue weighted by Crippen LogP contribution is 2.44. The van der Waals surface area contributed by atoms with Gasteiger partial charge < -0.3 is 19.5 Å². The number of rotatable bonds is 8. The Balaban J connectivity index is 1.53. The standard InChI is InChI=1S/C31H39NO3/c1-7-33-28-26-19-25(32-20-22-11-9-8-10-12-22)17-18-27(26)35-31(5,6)29(28)34-21-23-13-15-24(16-14-23)30(2,3)4/h8-19,28-29,32H,7,20-21H2,1-6H3. The maximum atomic E-state index is 6.53. The zero-order valence-corrected chi connectivity index (χ0v) is 21.9. The van der Waals surface area contributed by atoms with Gasteiger partial charge in [-0.25, -0.2) is 0 Å². The van der Waals surface area contributed by atoms with Crippen LogP contribution in [-0.4, -0.2) is 18.3 Å². The second-order valence-electron chi connectivity index (χ2n) is 10.9. The molecule has 4 heteroatoms. The molecule has 2 atom stereocenters. The normalized spacial score (nSPS) is 19.0. The van der Waals surface area contributed by atoms with E-state index >= 15 is 0 Å². The van der Waals surface area contributed by atoms with E-state index in [2.05, 4.69) is 101 Å². The van der Waals surface area contributed by atoms with Crippen LogP contribution in [-0.2, 0) is 28.0 Å². The van der Waals surface area contributed by atoms with Gasteiger partial charge in [0, 0.05) is 24.4 Å². The molecule has 0 bridgehead atoms. The lowest BCUT2D eigenvalue weighted by Gasteiger charge is -2.44. The highest BCUT2D eigenvalue weighted by molar-refractivity contribution is 5.54. The van der Waals surface area contributed by atoms with Crippen LogP contribution in [0.1, 0.15) is 69.9 Å². The third-order valence-corrected chi connectivity index (χ3v) is 6.58. The Morgan fingerprint density at radius 2 is 1.60 bits per heavy atom. The van der Waals surface area contributed by atoms with Gasteiger partial charge >= 0.3 is 0 Å². The van der Waals surface area contributed by atoms with Crippen LogP contribution >= 0.6 is 0 Å². The van der Waals surface area contributed by atoms with Gasteiger partial charge in [-0.05, 0) is 61.1 Å². The van der Waals surface area contributed by atoms with Crippen molar-refractivity contribution in [3.8, 4) is 5.75 Å². The van der Waals surface area contributed by atoms with Crippen LogP contribution in [0.3, 0.4) is 0 Å². The summed E-state index contributed by atoms with van der Waals surface area (Å²) in [5.41, 5.74) is 5.37. The first kappa shape index (κ1) is 25.3. The molecule has 0 saturated carbocycles. The molecule has 3 aromatic carbocycles. The van der Waals surface area contributed by atoms with Crippen molar-refractivity contribution in [2.75, 3.05) is 11.9 Å². The molecule has 3 aromatic rings. The zero-order chi connectivity index (χ0) is 25.1. The van der Waals surface area contributed by atoms with Crippen molar-refractivity contribution in [2.45, 2.75) is 77.9 Å². The molecule has 0 saturated heterocycles. The smallest absolute Gasteiger partial charge is 0.132 e. The van der Waals surface area contributed by atoms with Gasteiger partial charge in [0.05, 0.1) is 6.61 Å². The Kier molecular flexibility index (Phi) is 7.53. The van der Waals surface area contributed by atoms with Gasteiger partial charge in [0.1, 0.15) is 23.6 Å². The molecule has 186 valence electrons. The van der Waals surface area contributed by atoms with Crippen molar-refractivity contribution >= 4 is 5.69 Å². The summed E-state index contributed by atoms with van der Waals surface area (Å²) in [6, 6.07) is 25.4. The van der Waals surface area contributed by atoms with E-state index in [1.807, 2.05) is 19.1 Å². The Hall–Kier alpha value is -2.82. The number of hydrogen-bond donors (Lipinski definition) is 1. The first-order valence-corrected chi connectivity index (χ1v) is 12.6. The summed E-state index contributed by atoms with van der Waals surface area (Å²) in [4.78, 5) is 0. The first-order valence-electron chi connectivity index (χ1n) is 12.6. The van der Waals surface area contributed by atoms with Crippen LogP contribution in [0, 0.1) is 0 Å². The summed E-state index contributed by atoms with van der Waals surface area (Å²) in [5.74, 6) is 0.855. The fourth-order valence-corrected chi connectivity index (χ4v) is 4.57. The summed E-state index contributed by atoms with van der Waals surface area (Å²) < 4.78 is 19.3. The minimum atomic E-state index is -0.531. The van der Waals surface area contributed by atoms with Gasteiger partial charge in [-0.15, -0.1) is 0 Å². The van der Waals surface area contributed by atoms with E-state index in [9.17, 15) is 0 Å². The number of benzene rings is 3. The summed E-state index contributed by atoms with van der Waals surface area (Å²) in [5, 5.41) is 3.53. The van der Waals surface area contributed by atoms with Crippen molar-refractivity contribution in [2.24, 2.45) is 0 Å². The number of fused-ring (bicyclic) bond motifs is 1. The summed E-state index contributed by atoms with van der Waals surface area (Å²) in [6.07, 6.45) is -0.465. The van der Waals surface area contributed by atoms with E-state index < -0.39 is 5.60 Å². The molecular weight excluding hydrogens is 434 g/mol. The van der Waals surface area contributed by atoms with Crippen molar-refractivity contribution in [1.82, 2.24) is 0 Å². The van der Waals surface area contributed by atoms with Crippen LogP contribution < -0.4 is 10.1 Å². The van der Waals surface area contributed by atoms with Crippen molar-refractivity contribution in [1.29, 1.82) is 0 Å². The van der Waals surface area contributed by atoms with Gasteiger partial charge in [-0.2, -0.15) is 0 Å². The Labute approximate surface area is 210 Å². The fraction of sp³-hybridized carbons (Fsp3) is 0.419. The quantitative estimate of drug-likeness (QED) is 0.369. The Bertz CT molecular complexity index is 1100. The molecule has 0 amide bonds.